The van der Waals surface area contributed by atoms with Crippen molar-refractivity contribution in [3.8, 4) is 0 Å². The van der Waals surface area contributed by atoms with Crippen LogP contribution in [0.4, 0.5) is 4.79 Å². The van der Waals surface area contributed by atoms with Crippen LogP contribution in [0, 0.1) is 11.8 Å². The van der Waals surface area contributed by atoms with Crippen LogP contribution in [0.15, 0.2) is 36.0 Å². The van der Waals surface area contributed by atoms with Gasteiger partial charge in [-0.2, -0.15) is 0 Å². The first-order valence-electron chi connectivity index (χ1n) is 17.1. The Bertz CT molecular complexity index is 1150. The lowest BCUT2D eigenvalue weighted by Crippen LogP contribution is -2.50. The molecule has 1 unspecified atom stereocenters. The topological polar surface area (TPSA) is 142 Å². The molecule has 3 aliphatic rings. The molecular formula is C36H60N2O9. The Morgan fingerprint density at radius 3 is 2.51 bits per heavy atom. The molecule has 2 saturated heterocycles. The molecule has 3 rings (SSSR count). The van der Waals surface area contributed by atoms with Crippen LogP contribution in [0.25, 0.3) is 0 Å². The number of hydrogen-bond donors (Lipinski definition) is 3. The normalized spacial score (nSPS) is 36.4. The fourth-order valence-corrected chi connectivity index (χ4v) is 6.43. The van der Waals surface area contributed by atoms with E-state index >= 15 is 0 Å². The molecule has 3 aliphatic heterocycles. The average molecular weight is 665 g/mol. The maximum Gasteiger partial charge on any atom is 0.410 e. The molecule has 1 amide bonds. The second-order valence-corrected chi connectivity index (χ2v) is 14.5. The van der Waals surface area contributed by atoms with Crippen LogP contribution in [-0.4, -0.2) is 125 Å². The fraction of sp³-hybridized carbons (Fsp3) is 0.778. The number of carbonyl (C=O) groups is 2. The molecule has 0 bridgehead atoms. The summed E-state index contributed by atoms with van der Waals surface area (Å²) in [6.07, 6.45) is 6.92. The highest BCUT2D eigenvalue weighted by molar-refractivity contribution is 5.70. The number of ether oxygens (including phenoxy) is 4. The van der Waals surface area contributed by atoms with Gasteiger partial charge in [0.05, 0.1) is 35.9 Å². The van der Waals surface area contributed by atoms with Crippen LogP contribution in [0.1, 0.15) is 80.6 Å². The minimum atomic E-state index is -1.17. The number of carbonyl (C=O) groups excluding carboxylic acids is 2. The zero-order valence-corrected chi connectivity index (χ0v) is 30.0. The number of nitrogens with zero attached hydrogens (tertiary/aromatic N) is 2. The molecule has 11 nitrogen and oxygen atoms in total. The molecule has 0 aromatic carbocycles. The quantitative estimate of drug-likeness (QED) is 0.136. The molecule has 10 atom stereocenters. The van der Waals surface area contributed by atoms with Crippen molar-refractivity contribution in [2.45, 2.75) is 128 Å². The highest BCUT2D eigenvalue weighted by atomic mass is 16.6. The molecule has 0 aliphatic carbocycles. The number of piperazine rings is 1. The Kier molecular flexibility index (Phi) is 13.7. The van der Waals surface area contributed by atoms with E-state index < -0.39 is 53.3 Å². The molecule has 0 aromatic rings. The van der Waals surface area contributed by atoms with E-state index in [1.807, 2.05) is 54.7 Å². The second-order valence-electron chi connectivity index (χ2n) is 14.5. The third-order valence-electron chi connectivity index (χ3n) is 10.5. The van der Waals surface area contributed by atoms with Gasteiger partial charge in [-0.05, 0) is 65.7 Å². The maximum absolute atomic E-state index is 13.2. The van der Waals surface area contributed by atoms with Crippen LogP contribution in [0.2, 0.25) is 0 Å². The number of methoxy groups -OCH3 is 1. The van der Waals surface area contributed by atoms with Crippen molar-refractivity contribution in [2.24, 2.45) is 11.8 Å². The SMILES string of the molecule is CC[C@H](O)[C@@H](C)C1(C)O[C@@H]1C[C@@](C)(O)/C=C/C=C(\C)[C@H]1OC(=O)C[C@H](O)CC[C@@](C)(OC)[C@@H](OC(=O)N2CCN(C)CC2)/C=C/[C@@H]1C. The molecule has 2 fully saturated rings. The number of amides is 1. The van der Waals surface area contributed by atoms with E-state index in [0.717, 1.165) is 18.7 Å². The molecular weight excluding hydrogens is 604 g/mol. The van der Waals surface area contributed by atoms with Crippen LogP contribution in [-0.2, 0) is 23.7 Å². The van der Waals surface area contributed by atoms with Gasteiger partial charge >= 0.3 is 12.1 Å². The first-order chi connectivity index (χ1) is 21.9. The summed E-state index contributed by atoms with van der Waals surface area (Å²) in [5.41, 5.74) is -1.85. The van der Waals surface area contributed by atoms with Crippen molar-refractivity contribution in [3.05, 3.63) is 36.0 Å². The first-order valence-corrected chi connectivity index (χ1v) is 17.1. The Morgan fingerprint density at radius 2 is 1.89 bits per heavy atom. The minimum absolute atomic E-state index is 0.0556. The van der Waals surface area contributed by atoms with Gasteiger partial charge < -0.3 is 44.1 Å². The summed E-state index contributed by atoms with van der Waals surface area (Å²) >= 11 is 0. The molecule has 3 N–H and O–H groups in total. The van der Waals surface area contributed by atoms with Gasteiger partial charge in [-0.25, -0.2) is 4.79 Å². The van der Waals surface area contributed by atoms with Crippen molar-refractivity contribution in [2.75, 3.05) is 40.3 Å². The summed E-state index contributed by atoms with van der Waals surface area (Å²) in [4.78, 5) is 30.0. The van der Waals surface area contributed by atoms with Crippen LogP contribution >= 0.6 is 0 Å². The Labute approximate surface area is 281 Å². The largest absolute Gasteiger partial charge is 0.457 e. The summed E-state index contributed by atoms with van der Waals surface area (Å²) < 4.78 is 23.8. The van der Waals surface area contributed by atoms with Gasteiger partial charge in [0.2, 0.25) is 0 Å². The number of allylic oxidation sites excluding steroid dienone is 2. The highest BCUT2D eigenvalue weighted by Crippen LogP contribution is 2.48. The predicted octanol–water partition coefficient (Wildman–Crippen LogP) is 4.00. The number of rotatable bonds is 10. The van der Waals surface area contributed by atoms with E-state index in [-0.39, 0.29) is 30.8 Å². The highest BCUT2D eigenvalue weighted by Gasteiger charge is 2.58. The lowest BCUT2D eigenvalue weighted by atomic mass is 9.83. The van der Waals surface area contributed by atoms with Crippen molar-refractivity contribution < 1.29 is 43.9 Å². The standard InChI is InChI=1S/C36H60N2O9/c1-10-28(40)26(4)36(7)30(47-36)23-34(5,43)16-11-12-24(2)32-25(3)13-14-29(45-33(42)38-20-18-37(8)19-21-38)35(6,44-9)17-15-27(39)22-31(41)46-32/h11-14,16,25-30,32,39-40,43H,10,15,17-23H2,1-9H3/b14-13+,16-11+,24-12+/t25-,26+,27+,28-,29-,30+,32+,34-,35+,36?/m0/s1. The first kappa shape index (κ1) is 39.2. The van der Waals surface area contributed by atoms with Crippen molar-refractivity contribution in [1.29, 1.82) is 0 Å². The summed E-state index contributed by atoms with van der Waals surface area (Å²) in [5, 5.41) is 32.2. The molecule has 0 spiro atoms. The van der Waals surface area contributed by atoms with Crippen molar-refractivity contribution >= 4 is 12.1 Å². The molecule has 11 heteroatoms. The number of cyclic esters (lactones) is 1. The third-order valence-corrected chi connectivity index (χ3v) is 10.5. The molecule has 0 saturated carbocycles. The van der Waals surface area contributed by atoms with E-state index in [9.17, 15) is 24.9 Å². The van der Waals surface area contributed by atoms with Gasteiger partial charge in [-0.1, -0.05) is 45.1 Å². The predicted molar refractivity (Wildman–Crippen MR) is 180 cm³/mol. The zero-order chi connectivity index (χ0) is 35.2. The molecule has 0 aromatic heterocycles. The maximum atomic E-state index is 13.2. The lowest BCUT2D eigenvalue weighted by molar-refractivity contribution is -0.151. The van der Waals surface area contributed by atoms with Gasteiger partial charge in [-0.3, -0.25) is 4.79 Å². The monoisotopic (exact) mass is 664 g/mol. The van der Waals surface area contributed by atoms with Crippen LogP contribution in [0.5, 0.6) is 0 Å². The van der Waals surface area contributed by atoms with E-state index in [0.29, 0.717) is 32.4 Å². The van der Waals surface area contributed by atoms with Gasteiger partial charge in [-0.15, -0.1) is 0 Å². The van der Waals surface area contributed by atoms with E-state index in [2.05, 4.69) is 4.90 Å². The number of epoxide rings is 1. The van der Waals surface area contributed by atoms with Gasteiger partial charge in [0.1, 0.15) is 11.7 Å². The summed E-state index contributed by atoms with van der Waals surface area (Å²) in [6.45, 7) is 15.9. The third kappa shape index (κ3) is 10.6. The Balaban J connectivity index is 1.79. The minimum Gasteiger partial charge on any atom is -0.457 e. The smallest absolute Gasteiger partial charge is 0.410 e. The summed E-state index contributed by atoms with van der Waals surface area (Å²) in [6, 6.07) is 0. The number of aliphatic hydroxyl groups excluding tert-OH is 2. The van der Waals surface area contributed by atoms with Crippen LogP contribution < -0.4 is 0 Å². The molecule has 3 heterocycles. The molecule has 268 valence electrons. The zero-order valence-electron chi connectivity index (χ0n) is 30.0. The Hall–Kier alpha value is -2.28. The average Bonchev–Trinajstić information content (AvgIpc) is 3.67. The van der Waals surface area contributed by atoms with Gasteiger partial charge in [0.25, 0.3) is 0 Å². The number of esters is 1. The van der Waals surface area contributed by atoms with Gasteiger partial charge in [0, 0.05) is 51.5 Å². The summed E-state index contributed by atoms with van der Waals surface area (Å²) in [7, 11) is 3.58. The van der Waals surface area contributed by atoms with E-state index in [1.165, 1.54) is 0 Å². The number of hydrogen-bond acceptors (Lipinski definition) is 10. The van der Waals surface area contributed by atoms with Gasteiger partial charge in [0.15, 0.2) is 6.10 Å². The number of aliphatic hydroxyl groups is 3. The van der Waals surface area contributed by atoms with Crippen LogP contribution in [0.3, 0.4) is 0 Å². The van der Waals surface area contributed by atoms with E-state index in [4.69, 9.17) is 18.9 Å². The summed E-state index contributed by atoms with van der Waals surface area (Å²) in [5.74, 6) is -0.892. The lowest BCUT2D eigenvalue weighted by Gasteiger charge is -2.38. The molecule has 0 radical (unpaired) electrons. The fourth-order valence-electron chi connectivity index (χ4n) is 6.43. The second kappa shape index (κ2) is 16.4. The van der Waals surface area contributed by atoms with E-state index in [1.54, 1.807) is 43.2 Å². The Morgan fingerprint density at radius 1 is 1.23 bits per heavy atom. The molecule has 47 heavy (non-hydrogen) atoms. The van der Waals surface area contributed by atoms with Crippen molar-refractivity contribution in [3.63, 3.8) is 0 Å². The van der Waals surface area contributed by atoms with Crippen molar-refractivity contribution in [1.82, 2.24) is 9.80 Å². The number of likely N-dealkylation sites (N-methyl/N-ethyl adjacent to an activating group) is 1.